The highest BCUT2D eigenvalue weighted by Gasteiger charge is 2.61. The number of carbonyl (C=O) groups is 2. The number of hydrogen-bond donors (Lipinski definition) is 0. The molecule has 0 N–H and O–H groups in total. The van der Waals surface area contributed by atoms with Gasteiger partial charge in [-0.2, -0.15) is 0 Å². The molecule has 4 aliphatic carbocycles. The van der Waals surface area contributed by atoms with Crippen LogP contribution in [0.3, 0.4) is 0 Å². The number of esters is 2. The normalized spacial score (nSPS) is 42.8. The van der Waals surface area contributed by atoms with Crippen molar-refractivity contribution in [3.63, 3.8) is 0 Å². The highest BCUT2D eigenvalue weighted by atomic mass is 16.5. The van der Waals surface area contributed by atoms with E-state index in [2.05, 4.69) is 13.8 Å². The number of hydrogen-bond acceptors (Lipinski definition) is 4. The van der Waals surface area contributed by atoms with Gasteiger partial charge in [0, 0.05) is 6.92 Å². The lowest BCUT2D eigenvalue weighted by atomic mass is 9.44. The number of carbonyl (C=O) groups excluding carboxylic acids is 2. The SMILES string of the molecule is CC(=O)OC1CCC2(C)C(CCC3C2CCC2(C)C(C(=O)Oc4ccccc4)CCC32)C1. The molecule has 0 spiro atoms. The van der Waals surface area contributed by atoms with Gasteiger partial charge >= 0.3 is 11.9 Å². The van der Waals surface area contributed by atoms with Gasteiger partial charge in [-0.25, -0.2) is 0 Å². The Morgan fingerprint density at radius 3 is 2.34 bits per heavy atom. The fourth-order valence-corrected chi connectivity index (χ4v) is 8.62. The molecule has 4 nitrogen and oxygen atoms in total. The van der Waals surface area contributed by atoms with E-state index in [1.54, 1.807) is 0 Å². The second-order valence-electron chi connectivity index (χ2n) is 11.6. The van der Waals surface area contributed by atoms with Gasteiger partial charge in [-0.05, 0) is 104 Å². The van der Waals surface area contributed by atoms with Crippen molar-refractivity contribution in [1.29, 1.82) is 0 Å². The minimum absolute atomic E-state index is 0.0129. The standard InChI is InChI=1S/C28H38O4/c1-18(29)31-21-13-15-27(2)19(17-21)9-10-22-23-11-12-25(28(23,3)16-14-24(22)27)26(30)32-20-7-5-4-6-8-20/h4-8,19,21-25H,9-17H2,1-3H3. The summed E-state index contributed by atoms with van der Waals surface area (Å²) in [6.45, 7) is 6.44. The van der Waals surface area contributed by atoms with Crippen molar-refractivity contribution in [2.24, 2.45) is 40.4 Å². The van der Waals surface area contributed by atoms with Crippen molar-refractivity contribution in [1.82, 2.24) is 0 Å². The Kier molecular flexibility index (Phi) is 5.62. The van der Waals surface area contributed by atoms with Crippen molar-refractivity contribution in [3.05, 3.63) is 30.3 Å². The van der Waals surface area contributed by atoms with Crippen molar-refractivity contribution in [2.45, 2.75) is 84.7 Å². The Morgan fingerprint density at radius 2 is 1.59 bits per heavy atom. The third-order valence-electron chi connectivity index (χ3n) is 10.2. The molecule has 0 bridgehead atoms. The Balaban J connectivity index is 1.31. The van der Waals surface area contributed by atoms with Crippen LogP contribution < -0.4 is 4.74 Å². The van der Waals surface area contributed by atoms with Gasteiger partial charge in [0.05, 0.1) is 5.92 Å². The predicted molar refractivity (Wildman–Crippen MR) is 123 cm³/mol. The summed E-state index contributed by atoms with van der Waals surface area (Å²) in [7, 11) is 0. The highest BCUT2D eigenvalue weighted by molar-refractivity contribution is 5.76. The lowest BCUT2D eigenvalue weighted by molar-refractivity contribution is -0.163. The summed E-state index contributed by atoms with van der Waals surface area (Å²) in [5.74, 6) is 3.25. The lowest BCUT2D eigenvalue weighted by Crippen LogP contribution is -2.54. The molecular weight excluding hydrogens is 400 g/mol. The molecule has 8 atom stereocenters. The van der Waals surface area contributed by atoms with Crippen molar-refractivity contribution in [2.75, 3.05) is 0 Å². The molecule has 0 radical (unpaired) electrons. The topological polar surface area (TPSA) is 52.6 Å². The predicted octanol–water partition coefficient (Wildman–Crippen LogP) is 6.18. The third kappa shape index (κ3) is 3.58. The van der Waals surface area contributed by atoms with Gasteiger partial charge in [0.25, 0.3) is 0 Å². The number of benzene rings is 1. The average Bonchev–Trinajstić information content (AvgIpc) is 3.12. The molecule has 174 valence electrons. The summed E-state index contributed by atoms with van der Waals surface area (Å²) in [5, 5.41) is 0. The van der Waals surface area contributed by atoms with Gasteiger partial charge in [0.2, 0.25) is 0 Å². The maximum absolute atomic E-state index is 13.2. The van der Waals surface area contributed by atoms with E-state index in [1.165, 1.54) is 32.6 Å². The minimum Gasteiger partial charge on any atom is -0.463 e. The van der Waals surface area contributed by atoms with Crippen LogP contribution >= 0.6 is 0 Å². The van der Waals surface area contributed by atoms with Crippen LogP contribution in [0.4, 0.5) is 0 Å². The van der Waals surface area contributed by atoms with Gasteiger partial charge in [-0.1, -0.05) is 32.0 Å². The molecule has 0 amide bonds. The van der Waals surface area contributed by atoms with Crippen LogP contribution in [0.1, 0.15) is 78.6 Å². The third-order valence-corrected chi connectivity index (χ3v) is 10.2. The molecule has 0 aliphatic heterocycles. The molecular formula is C28H38O4. The van der Waals surface area contributed by atoms with E-state index in [-0.39, 0.29) is 29.4 Å². The van der Waals surface area contributed by atoms with Crippen molar-refractivity contribution >= 4 is 11.9 Å². The molecule has 0 heterocycles. The Morgan fingerprint density at radius 1 is 0.875 bits per heavy atom. The summed E-state index contributed by atoms with van der Waals surface area (Å²) in [6, 6.07) is 9.53. The van der Waals surface area contributed by atoms with Gasteiger partial charge in [-0.15, -0.1) is 0 Å². The molecule has 1 aromatic rings. The first-order valence-corrected chi connectivity index (χ1v) is 12.8. The van der Waals surface area contributed by atoms with E-state index in [1.807, 2.05) is 30.3 Å². The van der Waals surface area contributed by atoms with Gasteiger partial charge < -0.3 is 9.47 Å². The van der Waals surface area contributed by atoms with E-state index in [9.17, 15) is 9.59 Å². The maximum atomic E-state index is 13.2. The van der Waals surface area contributed by atoms with E-state index in [0.29, 0.717) is 23.0 Å². The molecule has 4 heteroatoms. The van der Waals surface area contributed by atoms with Crippen LogP contribution in [0, 0.1) is 40.4 Å². The second-order valence-corrected chi connectivity index (χ2v) is 11.6. The first-order chi connectivity index (χ1) is 15.3. The van der Waals surface area contributed by atoms with E-state index in [0.717, 1.165) is 43.9 Å². The smallest absolute Gasteiger partial charge is 0.314 e. The Hall–Kier alpha value is -1.84. The molecule has 4 aliphatic rings. The first kappa shape index (κ1) is 22.0. The van der Waals surface area contributed by atoms with Crippen LogP contribution in [-0.2, 0) is 14.3 Å². The van der Waals surface area contributed by atoms with Crippen LogP contribution in [-0.4, -0.2) is 18.0 Å². The van der Waals surface area contributed by atoms with Crippen LogP contribution in [0.2, 0.25) is 0 Å². The fraction of sp³-hybridized carbons (Fsp3) is 0.714. The molecule has 32 heavy (non-hydrogen) atoms. The number of para-hydroxylation sites is 1. The quantitative estimate of drug-likeness (QED) is 0.417. The van der Waals surface area contributed by atoms with E-state index in [4.69, 9.17) is 9.47 Å². The summed E-state index contributed by atoms with van der Waals surface area (Å²) in [4.78, 5) is 24.7. The van der Waals surface area contributed by atoms with Crippen molar-refractivity contribution in [3.8, 4) is 5.75 Å². The number of rotatable bonds is 3. The fourth-order valence-electron chi connectivity index (χ4n) is 8.62. The zero-order valence-electron chi connectivity index (χ0n) is 19.8. The van der Waals surface area contributed by atoms with E-state index >= 15 is 0 Å². The van der Waals surface area contributed by atoms with Gasteiger partial charge in [-0.3, -0.25) is 9.59 Å². The number of fused-ring (bicyclic) bond motifs is 5. The minimum atomic E-state index is -0.139. The molecule has 4 saturated carbocycles. The average molecular weight is 439 g/mol. The number of ether oxygens (including phenoxy) is 2. The maximum Gasteiger partial charge on any atom is 0.314 e. The Bertz CT molecular complexity index is 865. The second kappa shape index (κ2) is 8.18. The highest BCUT2D eigenvalue weighted by Crippen LogP contribution is 2.67. The van der Waals surface area contributed by atoms with Crippen LogP contribution in [0.15, 0.2) is 30.3 Å². The summed E-state index contributed by atoms with van der Waals surface area (Å²) < 4.78 is 11.4. The Labute approximate surface area is 192 Å². The monoisotopic (exact) mass is 438 g/mol. The molecule has 0 saturated heterocycles. The first-order valence-electron chi connectivity index (χ1n) is 12.8. The lowest BCUT2D eigenvalue weighted by Gasteiger charge is -2.60. The largest absolute Gasteiger partial charge is 0.463 e. The molecule has 0 aromatic heterocycles. The molecule has 1 aromatic carbocycles. The summed E-state index contributed by atoms with van der Waals surface area (Å²) in [6.07, 6.45) is 10.3. The van der Waals surface area contributed by atoms with Crippen LogP contribution in [0.5, 0.6) is 5.75 Å². The van der Waals surface area contributed by atoms with Crippen LogP contribution in [0.25, 0.3) is 0 Å². The zero-order chi connectivity index (χ0) is 22.5. The van der Waals surface area contributed by atoms with Gasteiger partial charge in [0.1, 0.15) is 11.9 Å². The zero-order valence-corrected chi connectivity index (χ0v) is 19.8. The summed E-state index contributed by atoms with van der Waals surface area (Å²) in [5.41, 5.74) is 0.411. The van der Waals surface area contributed by atoms with Crippen molar-refractivity contribution < 1.29 is 19.1 Å². The van der Waals surface area contributed by atoms with E-state index < -0.39 is 0 Å². The molecule has 8 unspecified atom stereocenters. The molecule has 5 rings (SSSR count). The van der Waals surface area contributed by atoms with Gasteiger partial charge in [0.15, 0.2) is 0 Å². The molecule has 4 fully saturated rings. The summed E-state index contributed by atoms with van der Waals surface area (Å²) >= 11 is 0.